The molecule has 7 nitrogen and oxygen atoms in total. The Hall–Kier alpha value is -3.30. The number of anilines is 1. The minimum atomic E-state index is -4.03. The standard InChI is InChI=1S/C30H27N3O4S2/c34-38(35,23-12-6-2-7-13-23)27-25-19-26(28(27)39(36,37)24-14-8-3-9-15-24)30-21-17-16-20(18-21)29(25,30)31-32-33(30)22-10-4-1-5-11-22/h1-17,20-21,25-28H,18-19H2/t20-,21-,25+,26-,27+,28-,29+,30+/m0/s1. The molecule has 0 amide bonds. The maximum Gasteiger partial charge on any atom is 0.182 e. The van der Waals surface area contributed by atoms with Crippen molar-refractivity contribution in [3.8, 4) is 0 Å². The Labute approximate surface area is 228 Å². The highest BCUT2D eigenvalue weighted by molar-refractivity contribution is 7.96. The van der Waals surface area contributed by atoms with E-state index in [2.05, 4.69) is 12.2 Å². The van der Waals surface area contributed by atoms with Gasteiger partial charge in [0.05, 0.1) is 26.0 Å². The van der Waals surface area contributed by atoms with Gasteiger partial charge in [0, 0.05) is 23.7 Å². The molecular weight excluding hydrogens is 530 g/mol. The maximum atomic E-state index is 14.6. The van der Waals surface area contributed by atoms with Crippen molar-refractivity contribution in [2.24, 2.45) is 34.0 Å². The molecule has 0 aromatic heterocycles. The fraction of sp³-hybridized carbons (Fsp3) is 0.333. The number of sulfone groups is 2. The highest BCUT2D eigenvalue weighted by Crippen LogP contribution is 2.77. The summed E-state index contributed by atoms with van der Waals surface area (Å²) < 4.78 is 58.1. The van der Waals surface area contributed by atoms with Crippen LogP contribution in [-0.2, 0) is 19.7 Å². The van der Waals surface area contributed by atoms with Gasteiger partial charge >= 0.3 is 0 Å². The van der Waals surface area contributed by atoms with E-state index >= 15 is 0 Å². The summed E-state index contributed by atoms with van der Waals surface area (Å²) in [4.78, 5) is 0.320. The van der Waals surface area contributed by atoms with Crippen LogP contribution >= 0.6 is 0 Å². The SMILES string of the molecule is O=S(=O)(c1ccccc1)[C@@H]1[C@H](S(=O)(=O)c2ccccc2)[C@H]2C[C@@H]1[C@]13[C@H]4C=C[C@@H](C4)[C@@]21N=NN3c1ccccc1. The first-order chi connectivity index (χ1) is 18.8. The molecule has 3 fully saturated rings. The predicted molar refractivity (Wildman–Crippen MR) is 146 cm³/mol. The van der Waals surface area contributed by atoms with E-state index in [1.165, 1.54) is 0 Å². The second-order valence-corrected chi connectivity index (χ2v) is 15.6. The molecule has 3 saturated carbocycles. The van der Waals surface area contributed by atoms with Gasteiger partial charge in [0.1, 0.15) is 11.1 Å². The summed E-state index contributed by atoms with van der Waals surface area (Å²) in [5.41, 5.74) is -0.662. The summed E-state index contributed by atoms with van der Waals surface area (Å²) in [7, 11) is -8.05. The van der Waals surface area contributed by atoms with Crippen LogP contribution in [0.3, 0.4) is 0 Å². The summed E-state index contributed by atoms with van der Waals surface area (Å²) in [5.74, 6) is -0.898. The maximum absolute atomic E-state index is 14.6. The molecular formula is C30H27N3O4S2. The third-order valence-electron chi connectivity index (χ3n) is 10.1. The van der Waals surface area contributed by atoms with Crippen LogP contribution in [0.5, 0.6) is 0 Å². The molecule has 0 radical (unpaired) electrons. The van der Waals surface area contributed by atoms with Crippen molar-refractivity contribution in [2.45, 2.75) is 44.2 Å². The first-order valence-electron chi connectivity index (χ1n) is 13.4. The van der Waals surface area contributed by atoms with Crippen LogP contribution in [0.15, 0.2) is 123 Å². The molecule has 0 saturated heterocycles. The summed E-state index contributed by atoms with van der Waals surface area (Å²) in [6.45, 7) is 0. The Morgan fingerprint density at radius 1 is 0.641 bits per heavy atom. The number of hydrogen-bond acceptors (Lipinski definition) is 7. The van der Waals surface area contributed by atoms with Crippen molar-refractivity contribution >= 4 is 25.4 Å². The lowest BCUT2D eigenvalue weighted by molar-refractivity contribution is 0.144. The van der Waals surface area contributed by atoms with E-state index in [-0.39, 0.29) is 21.6 Å². The second kappa shape index (κ2) is 7.67. The van der Waals surface area contributed by atoms with Crippen LogP contribution in [0.1, 0.15) is 12.8 Å². The van der Waals surface area contributed by atoms with Crippen molar-refractivity contribution in [3.05, 3.63) is 103 Å². The van der Waals surface area contributed by atoms with Gasteiger partial charge < -0.3 is 0 Å². The van der Waals surface area contributed by atoms with Crippen molar-refractivity contribution in [2.75, 3.05) is 5.01 Å². The Kier molecular flexibility index (Phi) is 4.63. The van der Waals surface area contributed by atoms with Crippen LogP contribution in [0.4, 0.5) is 5.69 Å². The Morgan fingerprint density at radius 2 is 1.15 bits per heavy atom. The first kappa shape index (κ1) is 23.6. The molecule has 4 aliphatic carbocycles. The fourth-order valence-electron chi connectivity index (χ4n) is 9.01. The number of hydrogen-bond donors (Lipinski definition) is 0. The molecule has 4 bridgehead atoms. The molecule has 0 spiro atoms. The van der Waals surface area contributed by atoms with E-state index in [0.29, 0.717) is 6.42 Å². The van der Waals surface area contributed by atoms with Crippen LogP contribution in [-0.4, -0.2) is 38.4 Å². The van der Waals surface area contributed by atoms with Crippen molar-refractivity contribution in [3.63, 3.8) is 0 Å². The van der Waals surface area contributed by atoms with Gasteiger partial charge in [-0.25, -0.2) is 21.8 Å². The van der Waals surface area contributed by atoms with E-state index in [1.807, 2.05) is 35.3 Å². The Bertz CT molecular complexity index is 1750. The minimum Gasteiger partial charge on any atom is -0.238 e. The number of para-hydroxylation sites is 1. The molecule has 198 valence electrons. The molecule has 1 heterocycles. The number of fused-ring (bicyclic) bond motifs is 4. The smallest absolute Gasteiger partial charge is 0.182 e. The Balaban J connectivity index is 1.39. The average Bonchev–Trinajstić information content (AvgIpc) is 3.76. The highest BCUT2D eigenvalue weighted by atomic mass is 32.2. The summed E-state index contributed by atoms with van der Waals surface area (Å²) >= 11 is 0. The van der Waals surface area contributed by atoms with Crippen LogP contribution in [0, 0.1) is 23.7 Å². The lowest BCUT2D eigenvalue weighted by atomic mass is 9.61. The van der Waals surface area contributed by atoms with Crippen molar-refractivity contribution in [1.29, 1.82) is 0 Å². The van der Waals surface area contributed by atoms with E-state index in [1.54, 1.807) is 60.7 Å². The molecule has 5 aliphatic rings. The largest absolute Gasteiger partial charge is 0.238 e. The summed E-state index contributed by atoms with van der Waals surface area (Å²) in [5, 5.41) is 9.46. The lowest BCUT2D eigenvalue weighted by Crippen LogP contribution is -2.71. The third-order valence-corrected chi connectivity index (χ3v) is 14.8. The predicted octanol–water partition coefficient (Wildman–Crippen LogP) is 4.89. The monoisotopic (exact) mass is 557 g/mol. The number of rotatable bonds is 5. The molecule has 39 heavy (non-hydrogen) atoms. The van der Waals surface area contributed by atoms with E-state index in [0.717, 1.165) is 12.1 Å². The van der Waals surface area contributed by atoms with Crippen molar-refractivity contribution in [1.82, 2.24) is 0 Å². The fourth-order valence-corrected chi connectivity index (χ4v) is 14.2. The van der Waals surface area contributed by atoms with E-state index in [9.17, 15) is 16.8 Å². The molecule has 3 aromatic carbocycles. The van der Waals surface area contributed by atoms with Crippen LogP contribution in [0.25, 0.3) is 0 Å². The number of benzene rings is 3. The average molecular weight is 558 g/mol. The van der Waals surface area contributed by atoms with Gasteiger partial charge in [-0.3, -0.25) is 0 Å². The van der Waals surface area contributed by atoms with Gasteiger partial charge in [-0.2, -0.15) is 5.11 Å². The molecule has 9 heteroatoms. The number of nitrogens with zero attached hydrogens (tertiary/aromatic N) is 3. The third kappa shape index (κ3) is 2.63. The quantitative estimate of drug-likeness (QED) is 0.416. The van der Waals surface area contributed by atoms with Gasteiger partial charge in [0.2, 0.25) is 0 Å². The van der Waals surface area contributed by atoms with Crippen molar-refractivity contribution < 1.29 is 16.8 Å². The first-order valence-corrected chi connectivity index (χ1v) is 16.5. The minimum absolute atomic E-state index is 0.0174. The zero-order valence-electron chi connectivity index (χ0n) is 21.0. The molecule has 8 rings (SSSR count). The molecule has 8 atom stereocenters. The topological polar surface area (TPSA) is 96.2 Å². The highest BCUT2D eigenvalue weighted by Gasteiger charge is 2.87. The van der Waals surface area contributed by atoms with Crippen LogP contribution < -0.4 is 5.01 Å². The normalized spacial score (nSPS) is 37.4. The molecule has 0 unspecified atom stereocenters. The van der Waals surface area contributed by atoms with E-state index < -0.39 is 53.1 Å². The molecule has 3 aromatic rings. The van der Waals surface area contributed by atoms with Gasteiger partial charge in [-0.05, 0) is 49.2 Å². The Morgan fingerprint density at radius 3 is 1.74 bits per heavy atom. The lowest BCUT2D eigenvalue weighted by Gasteiger charge is -2.54. The van der Waals surface area contributed by atoms with Crippen LogP contribution in [0.2, 0.25) is 0 Å². The molecule has 1 aliphatic heterocycles. The van der Waals surface area contributed by atoms with Gasteiger partial charge in [0.25, 0.3) is 0 Å². The van der Waals surface area contributed by atoms with Gasteiger partial charge in [-0.1, -0.05) is 72.0 Å². The van der Waals surface area contributed by atoms with Gasteiger partial charge in [0.15, 0.2) is 19.7 Å². The zero-order valence-corrected chi connectivity index (χ0v) is 22.6. The zero-order chi connectivity index (χ0) is 26.6. The molecule has 0 N–H and O–H groups in total. The van der Waals surface area contributed by atoms with Gasteiger partial charge in [-0.15, -0.1) is 0 Å². The summed E-state index contributed by atoms with van der Waals surface area (Å²) in [6, 6.07) is 26.4. The van der Waals surface area contributed by atoms with E-state index in [4.69, 9.17) is 10.3 Å². The summed E-state index contributed by atoms with van der Waals surface area (Å²) in [6.07, 6.45) is 5.67. The second-order valence-electron chi connectivity index (χ2n) is 11.4.